The van der Waals surface area contributed by atoms with Crippen LogP contribution in [0.4, 0.5) is 4.39 Å². The zero-order valence-electron chi connectivity index (χ0n) is 13.8. The first-order valence-corrected chi connectivity index (χ1v) is 8.80. The number of carbonyl (C=O) groups is 1. The quantitative estimate of drug-likeness (QED) is 0.883. The molecule has 3 rings (SSSR count). The smallest absolute Gasteiger partial charge is 0.251 e. The highest BCUT2D eigenvalue weighted by Gasteiger charge is 2.29. The minimum absolute atomic E-state index is 0. The van der Waals surface area contributed by atoms with E-state index in [0.717, 1.165) is 13.0 Å². The molecule has 0 fully saturated rings. The van der Waals surface area contributed by atoms with Crippen molar-refractivity contribution in [1.29, 1.82) is 0 Å². The summed E-state index contributed by atoms with van der Waals surface area (Å²) < 4.78 is 13.2. The molecule has 1 N–H and O–H groups in total. The summed E-state index contributed by atoms with van der Waals surface area (Å²) in [4.78, 5) is 15.9. The van der Waals surface area contributed by atoms with E-state index in [0.29, 0.717) is 24.2 Å². The van der Waals surface area contributed by atoms with Crippen molar-refractivity contribution in [2.45, 2.75) is 32.4 Å². The molecule has 0 radical (unpaired) electrons. The van der Waals surface area contributed by atoms with Gasteiger partial charge >= 0.3 is 0 Å². The van der Waals surface area contributed by atoms with Crippen molar-refractivity contribution < 1.29 is 9.18 Å². The van der Waals surface area contributed by atoms with Crippen LogP contribution in [0, 0.1) is 5.82 Å². The van der Waals surface area contributed by atoms with E-state index < -0.39 is 0 Å². The summed E-state index contributed by atoms with van der Waals surface area (Å²) in [5.74, 6) is -0.611. The van der Waals surface area contributed by atoms with E-state index in [1.807, 2.05) is 0 Å². The van der Waals surface area contributed by atoms with Crippen LogP contribution in [-0.2, 0) is 6.42 Å². The van der Waals surface area contributed by atoms with E-state index >= 15 is 0 Å². The van der Waals surface area contributed by atoms with Gasteiger partial charge in [0.1, 0.15) is 5.82 Å². The van der Waals surface area contributed by atoms with Crippen LogP contribution < -0.4 is 5.32 Å². The van der Waals surface area contributed by atoms with E-state index in [1.165, 1.54) is 22.6 Å². The van der Waals surface area contributed by atoms with Gasteiger partial charge in [0.15, 0.2) is 0 Å². The summed E-state index contributed by atoms with van der Waals surface area (Å²) >= 11 is 1.81. The molecule has 2 aromatic rings. The molecule has 1 amide bonds. The largest absolute Gasteiger partial charge is 0.351 e. The molecule has 0 saturated carbocycles. The summed E-state index contributed by atoms with van der Waals surface area (Å²) in [6, 6.07) is 8.83. The maximum absolute atomic E-state index is 13.2. The summed E-state index contributed by atoms with van der Waals surface area (Å²) in [5.41, 5.74) is 1.82. The van der Waals surface area contributed by atoms with Crippen LogP contribution in [-0.4, -0.2) is 29.9 Å². The van der Waals surface area contributed by atoms with Gasteiger partial charge in [-0.05, 0) is 55.5 Å². The Morgan fingerprint density at radius 3 is 2.92 bits per heavy atom. The molecule has 130 valence electrons. The fraction of sp³-hybridized carbons (Fsp3) is 0.389. The highest BCUT2D eigenvalue weighted by molar-refractivity contribution is 7.10. The first-order valence-electron chi connectivity index (χ1n) is 7.92. The average molecular weight is 369 g/mol. The number of carbonyl (C=O) groups excluding carboxylic acids is 1. The standard InChI is InChI=1S/C18H21FN2OS.ClH/c1-12-10-14-6-9-23-17(14)13(2)21(12)8-7-20-18(22)15-4-3-5-16(19)11-15;/h3-6,9,11-13H,7-8,10H2,1-2H3,(H,20,22);1H/t12-,13+;/m1./s1. The Hall–Kier alpha value is -1.43. The summed E-state index contributed by atoms with van der Waals surface area (Å²) in [6.07, 6.45) is 1.06. The number of halogens is 2. The molecule has 0 bridgehead atoms. The van der Waals surface area contributed by atoms with Crippen LogP contribution in [0.1, 0.15) is 40.7 Å². The van der Waals surface area contributed by atoms with E-state index in [1.54, 1.807) is 23.5 Å². The zero-order chi connectivity index (χ0) is 16.4. The van der Waals surface area contributed by atoms with Gasteiger partial charge in [-0.25, -0.2) is 4.39 Å². The van der Waals surface area contributed by atoms with Crippen LogP contribution in [0.5, 0.6) is 0 Å². The molecule has 2 heterocycles. The average Bonchev–Trinajstić information content (AvgIpc) is 2.98. The Balaban J connectivity index is 0.00000208. The van der Waals surface area contributed by atoms with Gasteiger partial charge in [-0.15, -0.1) is 23.7 Å². The number of benzene rings is 1. The van der Waals surface area contributed by atoms with Gasteiger partial charge in [0.2, 0.25) is 0 Å². The number of hydrogen-bond acceptors (Lipinski definition) is 3. The summed E-state index contributed by atoms with van der Waals surface area (Å²) in [7, 11) is 0. The number of rotatable bonds is 4. The number of nitrogens with one attached hydrogen (secondary N) is 1. The van der Waals surface area contributed by atoms with Crippen LogP contribution in [0.25, 0.3) is 0 Å². The Morgan fingerprint density at radius 1 is 1.38 bits per heavy atom. The fourth-order valence-electron chi connectivity index (χ4n) is 3.29. The Bertz CT molecular complexity index is 706. The van der Waals surface area contributed by atoms with E-state index in [4.69, 9.17) is 0 Å². The topological polar surface area (TPSA) is 32.3 Å². The molecule has 3 nitrogen and oxygen atoms in total. The summed E-state index contributed by atoms with van der Waals surface area (Å²) in [6.45, 7) is 5.80. The number of thiophene rings is 1. The fourth-order valence-corrected chi connectivity index (χ4v) is 4.31. The molecule has 2 atom stereocenters. The van der Waals surface area contributed by atoms with Crippen LogP contribution in [0.3, 0.4) is 0 Å². The third-order valence-electron chi connectivity index (χ3n) is 4.48. The number of hydrogen-bond donors (Lipinski definition) is 1. The van der Waals surface area contributed by atoms with Crippen LogP contribution in [0.2, 0.25) is 0 Å². The lowest BCUT2D eigenvalue weighted by Crippen LogP contribution is -2.44. The highest BCUT2D eigenvalue weighted by Crippen LogP contribution is 2.35. The SMILES string of the molecule is C[C@@H]1Cc2ccsc2[C@H](C)N1CCNC(=O)c1cccc(F)c1.Cl. The van der Waals surface area contributed by atoms with Crippen molar-refractivity contribution in [3.05, 3.63) is 57.5 Å². The van der Waals surface area contributed by atoms with Gasteiger partial charge in [0, 0.05) is 35.6 Å². The van der Waals surface area contributed by atoms with Crippen molar-refractivity contribution in [2.24, 2.45) is 0 Å². The maximum atomic E-state index is 13.2. The molecule has 0 saturated heterocycles. The van der Waals surface area contributed by atoms with E-state index in [-0.39, 0.29) is 24.1 Å². The molecule has 0 spiro atoms. The molecule has 24 heavy (non-hydrogen) atoms. The van der Waals surface area contributed by atoms with Crippen LogP contribution >= 0.6 is 23.7 Å². The van der Waals surface area contributed by atoms with Gasteiger partial charge in [-0.1, -0.05) is 6.07 Å². The molecular formula is C18H22ClFN2OS. The Labute approximate surface area is 152 Å². The van der Waals surface area contributed by atoms with Crippen molar-refractivity contribution in [2.75, 3.05) is 13.1 Å². The van der Waals surface area contributed by atoms with Gasteiger partial charge in [-0.3, -0.25) is 9.69 Å². The number of amides is 1. The molecule has 0 unspecified atom stereocenters. The second-order valence-electron chi connectivity index (χ2n) is 6.04. The predicted octanol–water partition coefficient (Wildman–Crippen LogP) is 4.05. The molecule has 1 aromatic carbocycles. The van der Waals surface area contributed by atoms with E-state index in [9.17, 15) is 9.18 Å². The van der Waals surface area contributed by atoms with Gasteiger partial charge in [0.25, 0.3) is 5.91 Å². The Morgan fingerprint density at radius 2 is 2.17 bits per heavy atom. The summed E-state index contributed by atoms with van der Waals surface area (Å²) in [5, 5.41) is 5.04. The van der Waals surface area contributed by atoms with Gasteiger partial charge in [0.05, 0.1) is 0 Å². The second kappa shape index (κ2) is 8.10. The molecule has 6 heteroatoms. The van der Waals surface area contributed by atoms with Crippen molar-refractivity contribution >= 4 is 29.7 Å². The minimum atomic E-state index is -0.388. The number of nitrogens with zero attached hydrogens (tertiary/aromatic N) is 1. The van der Waals surface area contributed by atoms with Gasteiger partial charge in [-0.2, -0.15) is 0 Å². The van der Waals surface area contributed by atoms with Gasteiger partial charge < -0.3 is 5.32 Å². The lowest BCUT2D eigenvalue weighted by molar-refractivity contribution is 0.0930. The lowest BCUT2D eigenvalue weighted by Gasteiger charge is -2.38. The third-order valence-corrected chi connectivity index (χ3v) is 5.61. The second-order valence-corrected chi connectivity index (χ2v) is 6.99. The maximum Gasteiger partial charge on any atom is 0.251 e. The molecule has 1 aliphatic heterocycles. The van der Waals surface area contributed by atoms with Crippen molar-refractivity contribution in [3.63, 3.8) is 0 Å². The molecule has 1 aliphatic rings. The normalized spacial score (nSPS) is 20.1. The third kappa shape index (κ3) is 3.97. The first-order chi connectivity index (χ1) is 11.1. The lowest BCUT2D eigenvalue weighted by atomic mass is 9.97. The van der Waals surface area contributed by atoms with Crippen LogP contribution in [0.15, 0.2) is 35.7 Å². The highest BCUT2D eigenvalue weighted by atomic mass is 35.5. The van der Waals surface area contributed by atoms with Crippen molar-refractivity contribution in [3.8, 4) is 0 Å². The Kier molecular flexibility index (Phi) is 6.38. The predicted molar refractivity (Wildman–Crippen MR) is 98.6 cm³/mol. The molecule has 0 aliphatic carbocycles. The van der Waals surface area contributed by atoms with E-state index in [2.05, 4.69) is 35.5 Å². The van der Waals surface area contributed by atoms with Crippen molar-refractivity contribution in [1.82, 2.24) is 10.2 Å². The molecule has 1 aromatic heterocycles. The molecular weight excluding hydrogens is 347 g/mol. The first kappa shape index (κ1) is 18.9. The minimum Gasteiger partial charge on any atom is -0.351 e. The monoisotopic (exact) mass is 368 g/mol. The number of fused-ring (bicyclic) bond motifs is 1. The zero-order valence-corrected chi connectivity index (χ0v) is 15.4.